The summed E-state index contributed by atoms with van der Waals surface area (Å²) in [6.45, 7) is 0.730. The van der Waals surface area contributed by atoms with Crippen molar-refractivity contribution in [2.45, 2.75) is 25.3 Å². The summed E-state index contributed by atoms with van der Waals surface area (Å²) in [5.74, 6) is -0.375. The van der Waals surface area contributed by atoms with Crippen molar-refractivity contribution in [1.29, 1.82) is 0 Å². The average Bonchev–Trinajstić information content (AvgIpc) is 2.20. The standard InChI is InChI=1S/C9H15ClN2O2/c10-5-8(13)7(11)4-6-2-1-3-12-9(6)14/h6-7H,1-5,11H2,(H,12,14)/t6-,7-/m0/s1. The van der Waals surface area contributed by atoms with E-state index in [1.807, 2.05) is 0 Å². The predicted octanol–water partition coefficient (Wildman–Crippen LogP) is 0.0379. The van der Waals surface area contributed by atoms with E-state index in [4.69, 9.17) is 17.3 Å². The molecule has 0 bridgehead atoms. The van der Waals surface area contributed by atoms with Crippen LogP contribution in [0.25, 0.3) is 0 Å². The van der Waals surface area contributed by atoms with Crippen LogP contribution in [0.15, 0.2) is 0 Å². The molecule has 0 saturated carbocycles. The summed E-state index contributed by atoms with van der Waals surface area (Å²) >= 11 is 5.37. The van der Waals surface area contributed by atoms with E-state index in [-0.39, 0.29) is 23.5 Å². The van der Waals surface area contributed by atoms with E-state index in [0.717, 1.165) is 19.4 Å². The third-order valence-electron chi connectivity index (χ3n) is 2.48. The summed E-state index contributed by atoms with van der Waals surface area (Å²) < 4.78 is 0. The van der Waals surface area contributed by atoms with Gasteiger partial charge >= 0.3 is 0 Å². The SMILES string of the molecule is N[C@@H](C[C@@H]1CCCNC1=O)C(=O)CCl. The molecule has 4 nitrogen and oxygen atoms in total. The first-order valence-corrected chi connectivity index (χ1v) is 5.30. The van der Waals surface area contributed by atoms with Crippen LogP contribution < -0.4 is 11.1 Å². The van der Waals surface area contributed by atoms with Crippen LogP contribution in [0.5, 0.6) is 0 Å². The van der Waals surface area contributed by atoms with Crippen LogP contribution >= 0.6 is 11.6 Å². The predicted molar refractivity (Wildman–Crippen MR) is 54.1 cm³/mol. The van der Waals surface area contributed by atoms with Gasteiger partial charge in [-0.05, 0) is 19.3 Å². The highest BCUT2D eigenvalue weighted by Gasteiger charge is 2.26. The number of carbonyl (C=O) groups excluding carboxylic acids is 2. The molecule has 0 radical (unpaired) electrons. The molecule has 3 N–H and O–H groups in total. The second-order valence-corrected chi connectivity index (χ2v) is 3.84. The molecule has 0 aliphatic carbocycles. The Balaban J connectivity index is 2.42. The molecule has 0 aromatic carbocycles. The minimum absolute atomic E-state index is 0.00840. The molecule has 14 heavy (non-hydrogen) atoms. The van der Waals surface area contributed by atoms with Gasteiger partial charge in [-0.2, -0.15) is 0 Å². The van der Waals surface area contributed by atoms with Crippen molar-refractivity contribution in [3.8, 4) is 0 Å². The van der Waals surface area contributed by atoms with E-state index in [1.54, 1.807) is 0 Å². The van der Waals surface area contributed by atoms with Gasteiger partial charge in [0.1, 0.15) is 0 Å². The maximum atomic E-state index is 11.3. The Bertz CT molecular complexity index is 233. The molecular formula is C9H15ClN2O2. The Morgan fingerprint density at radius 1 is 1.71 bits per heavy atom. The van der Waals surface area contributed by atoms with E-state index in [1.165, 1.54) is 0 Å². The Hall–Kier alpha value is -0.610. The number of halogens is 1. The van der Waals surface area contributed by atoms with Crippen molar-refractivity contribution in [2.24, 2.45) is 11.7 Å². The van der Waals surface area contributed by atoms with Gasteiger partial charge in [0.25, 0.3) is 0 Å². The molecule has 1 aliphatic heterocycles. The van der Waals surface area contributed by atoms with Crippen molar-refractivity contribution in [1.82, 2.24) is 5.32 Å². The van der Waals surface area contributed by atoms with Crippen molar-refractivity contribution >= 4 is 23.3 Å². The zero-order valence-electron chi connectivity index (χ0n) is 7.96. The number of ketones is 1. The van der Waals surface area contributed by atoms with E-state index < -0.39 is 6.04 Å². The highest BCUT2D eigenvalue weighted by molar-refractivity contribution is 6.28. The number of hydrogen-bond donors (Lipinski definition) is 2. The molecule has 1 rings (SSSR count). The fourth-order valence-corrected chi connectivity index (χ4v) is 1.80. The van der Waals surface area contributed by atoms with E-state index >= 15 is 0 Å². The fourth-order valence-electron chi connectivity index (χ4n) is 1.60. The molecule has 80 valence electrons. The molecule has 1 fully saturated rings. The number of rotatable bonds is 4. The van der Waals surface area contributed by atoms with Crippen LogP contribution in [0.3, 0.4) is 0 Å². The Kier molecular flexibility index (Phi) is 4.35. The maximum absolute atomic E-state index is 11.3. The average molecular weight is 219 g/mol. The summed E-state index contributed by atoms with van der Waals surface area (Å²) in [5.41, 5.74) is 5.61. The number of carbonyl (C=O) groups is 2. The van der Waals surface area contributed by atoms with Gasteiger partial charge in [0.05, 0.1) is 11.9 Å². The summed E-state index contributed by atoms with van der Waals surface area (Å²) in [6.07, 6.45) is 2.19. The van der Waals surface area contributed by atoms with Gasteiger partial charge < -0.3 is 11.1 Å². The molecule has 1 heterocycles. The Morgan fingerprint density at radius 2 is 2.43 bits per heavy atom. The van der Waals surface area contributed by atoms with Gasteiger partial charge in [0.15, 0.2) is 5.78 Å². The molecule has 1 amide bonds. The first kappa shape index (κ1) is 11.5. The van der Waals surface area contributed by atoms with Crippen LogP contribution in [0.1, 0.15) is 19.3 Å². The fraction of sp³-hybridized carbons (Fsp3) is 0.778. The number of nitrogens with two attached hydrogens (primary N) is 1. The van der Waals surface area contributed by atoms with E-state index in [9.17, 15) is 9.59 Å². The smallest absolute Gasteiger partial charge is 0.223 e. The Labute approximate surface area is 88.2 Å². The Morgan fingerprint density at radius 3 is 3.00 bits per heavy atom. The normalized spacial score (nSPS) is 24.1. The van der Waals surface area contributed by atoms with Crippen LogP contribution in [0, 0.1) is 5.92 Å². The zero-order valence-corrected chi connectivity index (χ0v) is 8.72. The van der Waals surface area contributed by atoms with Crippen LogP contribution in [0.2, 0.25) is 0 Å². The largest absolute Gasteiger partial charge is 0.356 e. The van der Waals surface area contributed by atoms with Gasteiger partial charge in [0.2, 0.25) is 5.91 Å². The van der Waals surface area contributed by atoms with Crippen LogP contribution in [-0.4, -0.2) is 30.2 Å². The van der Waals surface area contributed by atoms with E-state index in [2.05, 4.69) is 5.32 Å². The van der Waals surface area contributed by atoms with Crippen molar-refractivity contribution < 1.29 is 9.59 Å². The molecular weight excluding hydrogens is 204 g/mol. The first-order chi connectivity index (χ1) is 6.65. The summed E-state index contributed by atoms with van der Waals surface area (Å²) in [5, 5.41) is 2.76. The molecule has 0 aromatic rings. The lowest BCUT2D eigenvalue weighted by atomic mass is 9.91. The topological polar surface area (TPSA) is 72.2 Å². The minimum atomic E-state index is -0.596. The van der Waals surface area contributed by atoms with Crippen molar-refractivity contribution in [3.63, 3.8) is 0 Å². The minimum Gasteiger partial charge on any atom is -0.356 e. The molecule has 1 aliphatic rings. The second-order valence-electron chi connectivity index (χ2n) is 3.57. The van der Waals surface area contributed by atoms with Gasteiger partial charge in [-0.25, -0.2) is 0 Å². The van der Waals surface area contributed by atoms with Gasteiger partial charge in [-0.15, -0.1) is 11.6 Å². The van der Waals surface area contributed by atoms with Gasteiger partial charge in [-0.3, -0.25) is 9.59 Å². The first-order valence-electron chi connectivity index (χ1n) is 4.77. The number of nitrogens with one attached hydrogen (secondary N) is 1. The lowest BCUT2D eigenvalue weighted by Gasteiger charge is -2.23. The van der Waals surface area contributed by atoms with Crippen molar-refractivity contribution in [3.05, 3.63) is 0 Å². The number of hydrogen-bond acceptors (Lipinski definition) is 3. The number of alkyl halides is 1. The van der Waals surface area contributed by atoms with Crippen LogP contribution in [-0.2, 0) is 9.59 Å². The maximum Gasteiger partial charge on any atom is 0.223 e. The summed E-state index contributed by atoms with van der Waals surface area (Å²) in [7, 11) is 0. The van der Waals surface area contributed by atoms with Crippen molar-refractivity contribution in [2.75, 3.05) is 12.4 Å². The molecule has 0 spiro atoms. The second kappa shape index (κ2) is 5.32. The molecule has 0 aromatic heterocycles. The number of piperidine rings is 1. The lowest BCUT2D eigenvalue weighted by Crippen LogP contribution is -2.42. The molecule has 1 saturated heterocycles. The third-order valence-corrected chi connectivity index (χ3v) is 2.75. The van der Waals surface area contributed by atoms with Gasteiger partial charge in [0, 0.05) is 12.5 Å². The number of Topliss-reactive ketones (excluding diaryl/α,β-unsaturated/α-hetero) is 1. The quantitative estimate of drug-likeness (QED) is 0.655. The molecule has 2 atom stereocenters. The molecule has 0 unspecified atom stereocenters. The molecule has 5 heteroatoms. The van der Waals surface area contributed by atoms with E-state index in [0.29, 0.717) is 6.42 Å². The highest BCUT2D eigenvalue weighted by atomic mass is 35.5. The summed E-state index contributed by atoms with van der Waals surface area (Å²) in [6, 6.07) is -0.596. The summed E-state index contributed by atoms with van der Waals surface area (Å²) in [4.78, 5) is 22.4. The third kappa shape index (κ3) is 2.96. The van der Waals surface area contributed by atoms with Gasteiger partial charge in [-0.1, -0.05) is 0 Å². The monoisotopic (exact) mass is 218 g/mol. The number of amides is 1. The van der Waals surface area contributed by atoms with Crippen LogP contribution in [0.4, 0.5) is 0 Å². The zero-order chi connectivity index (χ0) is 10.6. The lowest BCUT2D eigenvalue weighted by molar-refractivity contribution is -0.127. The highest BCUT2D eigenvalue weighted by Crippen LogP contribution is 2.16.